The summed E-state index contributed by atoms with van der Waals surface area (Å²) >= 11 is 4.86. The van der Waals surface area contributed by atoms with Crippen molar-refractivity contribution in [2.45, 2.75) is 32.7 Å². The first-order valence-electron chi connectivity index (χ1n) is 5.12. The summed E-state index contributed by atoms with van der Waals surface area (Å²) in [4.78, 5) is 13.2. The molecule has 0 aliphatic carbocycles. The van der Waals surface area contributed by atoms with E-state index in [1.165, 1.54) is 0 Å². The Hall–Kier alpha value is -0.680. The lowest BCUT2D eigenvalue weighted by atomic mass is 10.1. The lowest BCUT2D eigenvalue weighted by Crippen LogP contribution is -2.42. The van der Waals surface area contributed by atoms with Crippen molar-refractivity contribution in [2.24, 2.45) is 11.7 Å². The average Bonchev–Trinajstić information content (AvgIpc) is 2.12. The van der Waals surface area contributed by atoms with Gasteiger partial charge in [-0.2, -0.15) is 0 Å². The molecular formula is C10H20N2O2S. The van der Waals surface area contributed by atoms with Crippen molar-refractivity contribution in [2.75, 3.05) is 13.6 Å². The van der Waals surface area contributed by atoms with Gasteiger partial charge >= 0.3 is 5.97 Å². The zero-order chi connectivity index (χ0) is 12.0. The van der Waals surface area contributed by atoms with E-state index < -0.39 is 12.0 Å². The van der Waals surface area contributed by atoms with Gasteiger partial charge in [-0.05, 0) is 13.5 Å². The highest BCUT2D eigenvalue weighted by Gasteiger charge is 2.23. The normalized spacial score (nSPS) is 14.9. The molecule has 4 nitrogen and oxygen atoms in total. The van der Waals surface area contributed by atoms with E-state index >= 15 is 0 Å². The molecule has 2 unspecified atom stereocenters. The number of nitrogens with zero attached hydrogens (tertiary/aromatic N) is 1. The third-order valence-electron chi connectivity index (χ3n) is 2.43. The highest BCUT2D eigenvalue weighted by Crippen LogP contribution is 2.08. The third-order valence-corrected chi connectivity index (χ3v) is 2.83. The molecule has 0 saturated carbocycles. The first-order valence-corrected chi connectivity index (χ1v) is 5.53. The second kappa shape index (κ2) is 6.74. The molecular weight excluding hydrogens is 212 g/mol. The van der Waals surface area contributed by atoms with Crippen molar-refractivity contribution in [1.82, 2.24) is 4.90 Å². The summed E-state index contributed by atoms with van der Waals surface area (Å²) in [6.07, 6.45) is 1.50. The maximum absolute atomic E-state index is 11.0. The topological polar surface area (TPSA) is 66.6 Å². The fourth-order valence-electron chi connectivity index (χ4n) is 1.46. The number of thiocarbonyl (C=S) groups is 1. The molecule has 88 valence electrons. The van der Waals surface area contributed by atoms with E-state index in [-0.39, 0.29) is 5.92 Å². The van der Waals surface area contributed by atoms with E-state index in [0.717, 1.165) is 6.42 Å². The number of carboxylic acids is 1. The van der Waals surface area contributed by atoms with Crippen LogP contribution in [0.15, 0.2) is 0 Å². The molecule has 2 atom stereocenters. The second-order valence-corrected chi connectivity index (χ2v) is 4.36. The van der Waals surface area contributed by atoms with Crippen LogP contribution in [-0.2, 0) is 4.79 Å². The van der Waals surface area contributed by atoms with Crippen molar-refractivity contribution in [3.05, 3.63) is 0 Å². The van der Waals surface area contributed by atoms with Crippen LogP contribution in [-0.4, -0.2) is 40.6 Å². The molecule has 0 aliphatic rings. The lowest BCUT2D eigenvalue weighted by Gasteiger charge is -2.26. The van der Waals surface area contributed by atoms with Crippen LogP contribution in [0.2, 0.25) is 0 Å². The average molecular weight is 232 g/mol. The minimum absolute atomic E-state index is 0.0451. The first kappa shape index (κ1) is 14.3. The lowest BCUT2D eigenvalue weighted by molar-refractivity contribution is -0.143. The molecule has 0 radical (unpaired) electrons. The number of carboxylic acid groups (broad SMARTS) is 1. The van der Waals surface area contributed by atoms with E-state index in [1.54, 1.807) is 11.9 Å². The van der Waals surface area contributed by atoms with Gasteiger partial charge in [-0.3, -0.25) is 9.69 Å². The summed E-state index contributed by atoms with van der Waals surface area (Å²) < 4.78 is 0. The molecule has 3 N–H and O–H groups in total. The van der Waals surface area contributed by atoms with Crippen LogP contribution in [0.4, 0.5) is 0 Å². The number of hydrogen-bond donors (Lipinski definition) is 2. The molecule has 0 heterocycles. The number of rotatable bonds is 7. The number of aliphatic carboxylic acids is 1. The minimum atomic E-state index is -0.783. The van der Waals surface area contributed by atoms with Gasteiger partial charge in [0, 0.05) is 12.5 Å². The SMILES string of the molecule is CCCC(C(=O)O)N(C)CC(C)C(N)=S. The van der Waals surface area contributed by atoms with E-state index in [2.05, 4.69) is 0 Å². The maximum Gasteiger partial charge on any atom is 0.320 e. The maximum atomic E-state index is 11.0. The van der Waals surface area contributed by atoms with Crippen LogP contribution in [0.5, 0.6) is 0 Å². The highest BCUT2D eigenvalue weighted by molar-refractivity contribution is 7.80. The van der Waals surface area contributed by atoms with Gasteiger partial charge in [-0.25, -0.2) is 0 Å². The molecule has 15 heavy (non-hydrogen) atoms. The van der Waals surface area contributed by atoms with E-state index in [1.807, 2.05) is 13.8 Å². The van der Waals surface area contributed by atoms with Gasteiger partial charge in [0.1, 0.15) is 6.04 Å². The molecule has 0 aromatic heterocycles. The summed E-state index contributed by atoms with van der Waals surface area (Å²) in [6.45, 7) is 4.47. The quantitative estimate of drug-likeness (QED) is 0.643. The Balaban J connectivity index is 4.31. The Labute approximate surface area is 96.4 Å². The van der Waals surface area contributed by atoms with Crippen molar-refractivity contribution < 1.29 is 9.90 Å². The third kappa shape index (κ3) is 5.09. The summed E-state index contributed by atoms with van der Waals surface area (Å²) in [7, 11) is 1.79. The molecule has 0 aliphatic heterocycles. The number of hydrogen-bond acceptors (Lipinski definition) is 3. The zero-order valence-electron chi connectivity index (χ0n) is 9.56. The Morgan fingerprint density at radius 1 is 1.60 bits per heavy atom. The molecule has 0 saturated heterocycles. The van der Waals surface area contributed by atoms with Gasteiger partial charge in [-0.1, -0.05) is 32.5 Å². The Morgan fingerprint density at radius 2 is 2.13 bits per heavy atom. The van der Waals surface area contributed by atoms with Gasteiger partial charge in [0.2, 0.25) is 0 Å². The number of nitrogens with two attached hydrogens (primary N) is 1. The van der Waals surface area contributed by atoms with Crippen LogP contribution in [0, 0.1) is 5.92 Å². The molecule has 0 rings (SSSR count). The molecule has 0 aromatic rings. The molecule has 0 aromatic carbocycles. The molecule has 0 amide bonds. The van der Waals surface area contributed by atoms with E-state index in [0.29, 0.717) is 18.0 Å². The molecule has 5 heteroatoms. The van der Waals surface area contributed by atoms with Crippen LogP contribution < -0.4 is 5.73 Å². The smallest absolute Gasteiger partial charge is 0.320 e. The van der Waals surface area contributed by atoms with Gasteiger partial charge in [0.05, 0.1) is 4.99 Å². The summed E-state index contributed by atoms with van der Waals surface area (Å²) in [5, 5.41) is 9.02. The molecule has 0 fully saturated rings. The van der Waals surface area contributed by atoms with Gasteiger partial charge in [0.15, 0.2) is 0 Å². The molecule has 0 bridgehead atoms. The van der Waals surface area contributed by atoms with E-state index in [4.69, 9.17) is 23.1 Å². The largest absolute Gasteiger partial charge is 0.480 e. The minimum Gasteiger partial charge on any atom is -0.480 e. The van der Waals surface area contributed by atoms with Crippen LogP contribution in [0.3, 0.4) is 0 Å². The fourth-order valence-corrected chi connectivity index (χ4v) is 1.53. The first-order chi connectivity index (χ1) is 6.90. The van der Waals surface area contributed by atoms with Crippen molar-refractivity contribution >= 4 is 23.2 Å². The fraction of sp³-hybridized carbons (Fsp3) is 0.800. The predicted octanol–water partition coefficient (Wildman–Crippen LogP) is 1.09. The van der Waals surface area contributed by atoms with Gasteiger partial charge in [0.25, 0.3) is 0 Å². The van der Waals surface area contributed by atoms with Crippen LogP contribution in [0.1, 0.15) is 26.7 Å². The van der Waals surface area contributed by atoms with Crippen LogP contribution >= 0.6 is 12.2 Å². The van der Waals surface area contributed by atoms with E-state index in [9.17, 15) is 4.79 Å². The van der Waals surface area contributed by atoms with Crippen molar-refractivity contribution in [3.63, 3.8) is 0 Å². The Bertz CT molecular complexity index is 233. The standard InChI is InChI=1S/C10H20N2O2S/c1-4-5-8(10(13)14)12(3)6-7(2)9(11)15/h7-8H,4-6H2,1-3H3,(H2,11,15)(H,13,14). The predicted molar refractivity (Wildman–Crippen MR) is 64.9 cm³/mol. The van der Waals surface area contributed by atoms with Crippen molar-refractivity contribution in [3.8, 4) is 0 Å². The monoisotopic (exact) mass is 232 g/mol. The van der Waals surface area contributed by atoms with Crippen LogP contribution in [0.25, 0.3) is 0 Å². The Morgan fingerprint density at radius 3 is 2.47 bits per heavy atom. The van der Waals surface area contributed by atoms with Gasteiger partial charge in [-0.15, -0.1) is 0 Å². The number of carbonyl (C=O) groups is 1. The second-order valence-electron chi connectivity index (χ2n) is 3.89. The van der Waals surface area contributed by atoms with Crippen molar-refractivity contribution in [1.29, 1.82) is 0 Å². The van der Waals surface area contributed by atoms with Gasteiger partial charge < -0.3 is 10.8 Å². The number of likely N-dealkylation sites (N-methyl/N-ethyl adjacent to an activating group) is 1. The Kier molecular flexibility index (Phi) is 6.43. The summed E-state index contributed by atoms with van der Waals surface area (Å²) in [5.74, 6) is -0.738. The zero-order valence-corrected chi connectivity index (χ0v) is 10.4. The summed E-state index contributed by atoms with van der Waals surface area (Å²) in [6, 6.07) is -0.438. The summed E-state index contributed by atoms with van der Waals surface area (Å²) in [5.41, 5.74) is 5.49. The molecule has 0 spiro atoms. The highest BCUT2D eigenvalue weighted by atomic mass is 32.1.